The number of nitrogens with one attached hydrogen (secondary N) is 1. The first-order valence-electron chi connectivity index (χ1n) is 4.48. The van der Waals surface area contributed by atoms with Crippen molar-refractivity contribution < 1.29 is 5.11 Å². The first-order valence-corrected chi connectivity index (χ1v) is 4.48. The van der Waals surface area contributed by atoms with Crippen LogP contribution in [0, 0.1) is 0 Å². The second-order valence-electron chi connectivity index (χ2n) is 2.92. The molecule has 1 rings (SSSR count). The van der Waals surface area contributed by atoms with Crippen molar-refractivity contribution in [2.24, 2.45) is 5.73 Å². The smallest absolute Gasteiger partial charge is 0.0914 e. The average Bonchev–Trinajstić information content (AvgIpc) is 2.19. The molecule has 13 heavy (non-hydrogen) atoms. The Bertz CT molecular complexity index is 226. The lowest BCUT2D eigenvalue weighted by Gasteiger charge is -2.11. The van der Waals surface area contributed by atoms with E-state index in [1.807, 2.05) is 30.3 Å². The fourth-order valence-corrected chi connectivity index (χ4v) is 1.13. The summed E-state index contributed by atoms with van der Waals surface area (Å²) >= 11 is 0. The van der Waals surface area contributed by atoms with Crippen molar-refractivity contribution >= 4 is 0 Å². The first-order chi connectivity index (χ1) is 6.34. The summed E-state index contributed by atoms with van der Waals surface area (Å²) in [5.41, 5.74) is 6.25. The zero-order chi connectivity index (χ0) is 9.52. The maximum absolute atomic E-state index is 9.64. The Labute approximate surface area is 78.6 Å². The topological polar surface area (TPSA) is 58.3 Å². The molecule has 0 aliphatic carbocycles. The molecule has 0 heterocycles. The summed E-state index contributed by atoms with van der Waals surface area (Å²) in [6, 6.07) is 9.59. The highest BCUT2D eigenvalue weighted by Crippen LogP contribution is 2.09. The van der Waals surface area contributed by atoms with E-state index in [0.717, 1.165) is 12.1 Å². The lowest BCUT2D eigenvalue weighted by atomic mass is 10.1. The molecule has 4 N–H and O–H groups in total. The molecule has 1 aromatic carbocycles. The SMILES string of the molecule is NCCNC[C@H](O)c1ccccc1. The van der Waals surface area contributed by atoms with Gasteiger partial charge in [0.15, 0.2) is 0 Å². The monoisotopic (exact) mass is 180 g/mol. The summed E-state index contributed by atoms with van der Waals surface area (Å²) in [6.07, 6.45) is -0.437. The van der Waals surface area contributed by atoms with Gasteiger partial charge in [-0.3, -0.25) is 0 Å². The third-order valence-electron chi connectivity index (χ3n) is 1.84. The molecular weight excluding hydrogens is 164 g/mol. The Kier molecular flexibility index (Phi) is 4.46. The third kappa shape index (κ3) is 3.55. The highest BCUT2D eigenvalue weighted by molar-refractivity contribution is 5.17. The molecule has 0 amide bonds. The maximum atomic E-state index is 9.64. The Balaban J connectivity index is 2.35. The van der Waals surface area contributed by atoms with Gasteiger partial charge in [-0.05, 0) is 5.56 Å². The van der Waals surface area contributed by atoms with Gasteiger partial charge in [-0.1, -0.05) is 30.3 Å². The van der Waals surface area contributed by atoms with Crippen LogP contribution in [0.3, 0.4) is 0 Å². The van der Waals surface area contributed by atoms with Crippen molar-refractivity contribution in [3.8, 4) is 0 Å². The van der Waals surface area contributed by atoms with Crippen molar-refractivity contribution in [3.05, 3.63) is 35.9 Å². The molecule has 0 fully saturated rings. The molecule has 0 saturated carbocycles. The molecule has 1 aromatic rings. The zero-order valence-corrected chi connectivity index (χ0v) is 7.61. The number of benzene rings is 1. The maximum Gasteiger partial charge on any atom is 0.0914 e. The molecule has 1 atom stereocenters. The van der Waals surface area contributed by atoms with E-state index in [2.05, 4.69) is 5.32 Å². The minimum Gasteiger partial charge on any atom is -0.387 e. The Morgan fingerprint density at radius 1 is 1.31 bits per heavy atom. The van der Waals surface area contributed by atoms with Crippen molar-refractivity contribution in [2.45, 2.75) is 6.10 Å². The Hall–Kier alpha value is -0.900. The number of hydrogen-bond donors (Lipinski definition) is 3. The largest absolute Gasteiger partial charge is 0.387 e. The fraction of sp³-hybridized carbons (Fsp3) is 0.400. The lowest BCUT2D eigenvalue weighted by molar-refractivity contribution is 0.175. The van der Waals surface area contributed by atoms with Crippen LogP contribution in [0.4, 0.5) is 0 Å². The predicted octanol–water partition coefficient (Wildman–Crippen LogP) is 0.268. The van der Waals surface area contributed by atoms with Gasteiger partial charge in [0.2, 0.25) is 0 Å². The molecule has 0 saturated heterocycles. The van der Waals surface area contributed by atoms with Crippen LogP contribution in [0.2, 0.25) is 0 Å². The molecule has 0 aliphatic heterocycles. The first kappa shape index (κ1) is 10.2. The van der Waals surface area contributed by atoms with Crippen LogP contribution in [0.25, 0.3) is 0 Å². The van der Waals surface area contributed by atoms with E-state index >= 15 is 0 Å². The highest BCUT2D eigenvalue weighted by Gasteiger charge is 2.04. The second kappa shape index (κ2) is 5.70. The van der Waals surface area contributed by atoms with Crippen LogP contribution >= 0.6 is 0 Å². The fourth-order valence-electron chi connectivity index (χ4n) is 1.13. The van der Waals surface area contributed by atoms with Gasteiger partial charge < -0.3 is 16.2 Å². The van der Waals surface area contributed by atoms with E-state index < -0.39 is 6.10 Å². The summed E-state index contributed by atoms with van der Waals surface area (Å²) in [4.78, 5) is 0. The minimum atomic E-state index is -0.437. The van der Waals surface area contributed by atoms with Gasteiger partial charge in [0.1, 0.15) is 0 Å². The van der Waals surface area contributed by atoms with Gasteiger partial charge in [0, 0.05) is 19.6 Å². The molecule has 0 bridgehead atoms. The van der Waals surface area contributed by atoms with E-state index in [1.54, 1.807) is 0 Å². The third-order valence-corrected chi connectivity index (χ3v) is 1.84. The quantitative estimate of drug-likeness (QED) is 0.570. The van der Waals surface area contributed by atoms with Gasteiger partial charge in [-0.2, -0.15) is 0 Å². The van der Waals surface area contributed by atoms with Crippen LogP contribution in [-0.4, -0.2) is 24.7 Å². The standard InChI is InChI=1S/C10H16N2O/c11-6-7-12-8-10(13)9-4-2-1-3-5-9/h1-5,10,12-13H,6-8,11H2/t10-/m0/s1. The van der Waals surface area contributed by atoms with E-state index in [0.29, 0.717) is 13.1 Å². The summed E-state index contributed by atoms with van der Waals surface area (Å²) < 4.78 is 0. The van der Waals surface area contributed by atoms with Crippen LogP contribution in [0.5, 0.6) is 0 Å². The van der Waals surface area contributed by atoms with Gasteiger partial charge in [-0.25, -0.2) is 0 Å². The molecule has 0 aromatic heterocycles. The molecule has 3 heteroatoms. The van der Waals surface area contributed by atoms with Crippen LogP contribution in [0.15, 0.2) is 30.3 Å². The van der Waals surface area contributed by atoms with E-state index in [-0.39, 0.29) is 0 Å². The molecule has 0 spiro atoms. The van der Waals surface area contributed by atoms with Crippen molar-refractivity contribution in [2.75, 3.05) is 19.6 Å². The Morgan fingerprint density at radius 2 is 2.00 bits per heavy atom. The molecule has 0 unspecified atom stereocenters. The van der Waals surface area contributed by atoms with E-state index in [9.17, 15) is 5.11 Å². The Morgan fingerprint density at radius 3 is 2.62 bits per heavy atom. The normalized spacial score (nSPS) is 12.8. The summed E-state index contributed by atoms with van der Waals surface area (Å²) in [6.45, 7) is 1.90. The molecular formula is C10H16N2O. The average molecular weight is 180 g/mol. The number of aliphatic hydroxyl groups excluding tert-OH is 1. The van der Waals surface area contributed by atoms with Gasteiger partial charge >= 0.3 is 0 Å². The predicted molar refractivity (Wildman–Crippen MR) is 53.3 cm³/mol. The lowest BCUT2D eigenvalue weighted by Crippen LogP contribution is -2.27. The second-order valence-corrected chi connectivity index (χ2v) is 2.92. The number of nitrogens with two attached hydrogens (primary N) is 1. The summed E-state index contributed by atoms with van der Waals surface area (Å²) in [5.74, 6) is 0. The summed E-state index contributed by atoms with van der Waals surface area (Å²) in [5, 5.41) is 12.7. The minimum absolute atomic E-state index is 0.437. The molecule has 0 aliphatic rings. The van der Waals surface area contributed by atoms with Gasteiger partial charge in [0.05, 0.1) is 6.10 Å². The number of rotatable bonds is 5. The summed E-state index contributed by atoms with van der Waals surface area (Å²) in [7, 11) is 0. The highest BCUT2D eigenvalue weighted by atomic mass is 16.3. The van der Waals surface area contributed by atoms with Gasteiger partial charge in [-0.15, -0.1) is 0 Å². The van der Waals surface area contributed by atoms with Crippen LogP contribution in [-0.2, 0) is 0 Å². The number of aliphatic hydroxyl groups is 1. The van der Waals surface area contributed by atoms with Crippen molar-refractivity contribution in [1.82, 2.24) is 5.32 Å². The zero-order valence-electron chi connectivity index (χ0n) is 7.61. The molecule has 3 nitrogen and oxygen atoms in total. The van der Waals surface area contributed by atoms with Crippen LogP contribution in [0.1, 0.15) is 11.7 Å². The van der Waals surface area contributed by atoms with Crippen molar-refractivity contribution in [3.63, 3.8) is 0 Å². The van der Waals surface area contributed by atoms with Crippen molar-refractivity contribution in [1.29, 1.82) is 0 Å². The van der Waals surface area contributed by atoms with Gasteiger partial charge in [0.25, 0.3) is 0 Å². The number of hydrogen-bond acceptors (Lipinski definition) is 3. The van der Waals surface area contributed by atoms with E-state index in [1.165, 1.54) is 0 Å². The van der Waals surface area contributed by atoms with E-state index in [4.69, 9.17) is 5.73 Å². The van der Waals surface area contributed by atoms with Crippen LogP contribution < -0.4 is 11.1 Å². The molecule has 0 radical (unpaired) electrons. The molecule has 72 valence electrons.